The molecule has 1 aromatic rings. The molecule has 0 N–H and O–H groups in total. The minimum atomic E-state index is -0.441. The number of hydrogen-bond donors (Lipinski definition) is 0. The molecule has 188 valence electrons. The molecular weight excluding hydrogens is 432 g/mol. The lowest BCUT2D eigenvalue weighted by Crippen LogP contribution is -2.60. The number of piperidine rings is 1. The largest absolute Gasteiger partial charge is 0.445 e. The molecule has 0 aromatic heterocycles. The lowest BCUT2D eigenvalue weighted by Gasteiger charge is -2.53. The molecule has 1 aromatic carbocycles. The first-order valence-corrected chi connectivity index (χ1v) is 12.8. The van der Waals surface area contributed by atoms with Crippen molar-refractivity contribution in [1.29, 1.82) is 0 Å². The predicted octanol–water partition coefficient (Wildman–Crippen LogP) is 5.23. The molecular formula is C27H40N2O5. The fraction of sp³-hybridized carbons (Fsp3) is 0.704. The van der Waals surface area contributed by atoms with Gasteiger partial charge in [0, 0.05) is 38.2 Å². The fourth-order valence-corrected chi connectivity index (χ4v) is 5.27. The maximum absolute atomic E-state index is 12.4. The second-order valence-electron chi connectivity index (χ2n) is 11.3. The van der Waals surface area contributed by atoms with E-state index in [9.17, 15) is 9.59 Å². The standard InChI is InChI=1S/C27H40N2O5/c1-26(2,3)34-25(31)29-19-27(20-29)13-9-23(10-14-27)32-17-22-11-15-28(16-12-22)24(30)33-18-21-7-5-4-6-8-21/h4-8,22-23H,9-20H2,1-3H3. The van der Waals surface area contributed by atoms with E-state index in [2.05, 4.69) is 0 Å². The Morgan fingerprint density at radius 2 is 1.59 bits per heavy atom. The van der Waals surface area contributed by atoms with Gasteiger partial charge >= 0.3 is 12.2 Å². The summed E-state index contributed by atoms with van der Waals surface area (Å²) in [6, 6.07) is 9.78. The second-order valence-corrected chi connectivity index (χ2v) is 11.3. The Hall–Kier alpha value is -2.28. The van der Waals surface area contributed by atoms with Crippen molar-refractivity contribution in [1.82, 2.24) is 9.80 Å². The molecule has 0 radical (unpaired) electrons. The summed E-state index contributed by atoms with van der Waals surface area (Å²) in [4.78, 5) is 28.2. The van der Waals surface area contributed by atoms with Gasteiger partial charge in [-0.2, -0.15) is 0 Å². The normalized spacial score (nSPS) is 21.3. The molecule has 2 aliphatic heterocycles. The molecule has 0 unspecified atom stereocenters. The lowest BCUT2D eigenvalue weighted by molar-refractivity contribution is -0.0810. The quantitative estimate of drug-likeness (QED) is 0.587. The van der Waals surface area contributed by atoms with Crippen LogP contribution in [-0.4, -0.2) is 66.5 Å². The van der Waals surface area contributed by atoms with E-state index in [4.69, 9.17) is 14.2 Å². The predicted molar refractivity (Wildman–Crippen MR) is 129 cm³/mol. The van der Waals surface area contributed by atoms with Crippen molar-refractivity contribution in [3.8, 4) is 0 Å². The average molecular weight is 473 g/mol. The van der Waals surface area contributed by atoms with Gasteiger partial charge < -0.3 is 24.0 Å². The number of hydrogen-bond acceptors (Lipinski definition) is 5. The molecule has 1 saturated carbocycles. The number of carbonyl (C=O) groups is 2. The summed E-state index contributed by atoms with van der Waals surface area (Å²) in [6.07, 6.45) is 6.18. The molecule has 2 saturated heterocycles. The van der Waals surface area contributed by atoms with Crippen LogP contribution in [0.3, 0.4) is 0 Å². The zero-order valence-electron chi connectivity index (χ0n) is 21.0. The third-order valence-corrected chi connectivity index (χ3v) is 7.34. The number of nitrogens with zero attached hydrogens (tertiary/aromatic N) is 2. The van der Waals surface area contributed by atoms with Crippen LogP contribution >= 0.6 is 0 Å². The smallest absolute Gasteiger partial charge is 0.410 e. The fourth-order valence-electron chi connectivity index (χ4n) is 5.27. The molecule has 34 heavy (non-hydrogen) atoms. The van der Waals surface area contributed by atoms with Gasteiger partial charge in [0.05, 0.1) is 6.10 Å². The number of amides is 2. The summed E-state index contributed by atoms with van der Waals surface area (Å²) in [5.41, 5.74) is 0.833. The maximum atomic E-state index is 12.4. The molecule has 3 aliphatic rings. The van der Waals surface area contributed by atoms with Crippen LogP contribution in [-0.2, 0) is 20.8 Å². The van der Waals surface area contributed by atoms with E-state index < -0.39 is 5.60 Å². The van der Waals surface area contributed by atoms with Crippen molar-refractivity contribution in [2.45, 2.75) is 77.6 Å². The van der Waals surface area contributed by atoms with Gasteiger partial charge in [-0.25, -0.2) is 9.59 Å². The molecule has 4 rings (SSSR count). The first-order chi connectivity index (χ1) is 16.2. The van der Waals surface area contributed by atoms with Crippen LogP contribution < -0.4 is 0 Å². The van der Waals surface area contributed by atoms with E-state index in [1.807, 2.05) is 60.9 Å². The summed E-state index contributed by atoms with van der Waals surface area (Å²) in [5.74, 6) is 0.500. The Bertz CT molecular complexity index is 813. The number of ether oxygens (including phenoxy) is 3. The summed E-state index contributed by atoms with van der Waals surface area (Å²) in [6.45, 7) is 9.91. The summed E-state index contributed by atoms with van der Waals surface area (Å²) in [5, 5.41) is 0. The van der Waals surface area contributed by atoms with E-state index in [1.54, 1.807) is 0 Å². The first-order valence-electron chi connectivity index (χ1n) is 12.8. The number of carbonyl (C=O) groups excluding carboxylic acids is 2. The van der Waals surface area contributed by atoms with Crippen LogP contribution in [0, 0.1) is 11.3 Å². The molecule has 0 atom stereocenters. The van der Waals surface area contributed by atoms with E-state index >= 15 is 0 Å². The van der Waals surface area contributed by atoms with Gasteiger partial charge in [0.2, 0.25) is 0 Å². The Balaban J connectivity index is 1.09. The van der Waals surface area contributed by atoms with E-state index in [0.29, 0.717) is 18.6 Å². The third-order valence-electron chi connectivity index (χ3n) is 7.34. The highest BCUT2D eigenvalue weighted by molar-refractivity contribution is 5.69. The molecule has 7 heteroatoms. The van der Waals surface area contributed by atoms with E-state index in [0.717, 1.165) is 76.9 Å². The van der Waals surface area contributed by atoms with Crippen LogP contribution in [0.15, 0.2) is 30.3 Å². The van der Waals surface area contributed by atoms with Crippen molar-refractivity contribution in [3.05, 3.63) is 35.9 Å². The van der Waals surface area contributed by atoms with Crippen LogP contribution in [0.4, 0.5) is 9.59 Å². The van der Waals surface area contributed by atoms with Crippen molar-refractivity contribution >= 4 is 12.2 Å². The maximum Gasteiger partial charge on any atom is 0.410 e. The highest BCUT2D eigenvalue weighted by Gasteiger charge is 2.48. The average Bonchev–Trinajstić information content (AvgIpc) is 2.80. The minimum absolute atomic E-state index is 0.188. The second kappa shape index (κ2) is 10.5. The minimum Gasteiger partial charge on any atom is -0.445 e. The number of likely N-dealkylation sites (tertiary alicyclic amines) is 2. The van der Waals surface area contributed by atoms with E-state index in [-0.39, 0.29) is 17.6 Å². The van der Waals surface area contributed by atoms with Gasteiger partial charge in [0.15, 0.2) is 0 Å². The van der Waals surface area contributed by atoms with Gasteiger partial charge in [0.25, 0.3) is 0 Å². The molecule has 2 heterocycles. The van der Waals surface area contributed by atoms with Crippen LogP contribution in [0.5, 0.6) is 0 Å². The molecule has 1 spiro atoms. The Labute approximate surface area is 203 Å². The molecule has 0 bridgehead atoms. The molecule has 2 amide bonds. The summed E-state index contributed by atoms with van der Waals surface area (Å²) in [7, 11) is 0. The molecule has 1 aliphatic carbocycles. The SMILES string of the molecule is CC(C)(C)OC(=O)N1CC2(CCC(OCC3CCN(C(=O)OCc4ccccc4)CC3)CC2)C1. The first kappa shape index (κ1) is 24.8. The van der Waals surface area contributed by atoms with Gasteiger partial charge in [-0.15, -0.1) is 0 Å². The highest BCUT2D eigenvalue weighted by atomic mass is 16.6. The Kier molecular flexibility index (Phi) is 7.70. The lowest BCUT2D eigenvalue weighted by atomic mass is 9.68. The number of benzene rings is 1. The van der Waals surface area contributed by atoms with Gasteiger partial charge in [0.1, 0.15) is 12.2 Å². The van der Waals surface area contributed by atoms with Crippen LogP contribution in [0.2, 0.25) is 0 Å². The van der Waals surface area contributed by atoms with E-state index in [1.165, 1.54) is 0 Å². The molecule has 3 fully saturated rings. The summed E-state index contributed by atoms with van der Waals surface area (Å²) >= 11 is 0. The summed E-state index contributed by atoms with van der Waals surface area (Å²) < 4.78 is 17.2. The van der Waals surface area contributed by atoms with Crippen LogP contribution in [0.25, 0.3) is 0 Å². The topological polar surface area (TPSA) is 68.3 Å². The van der Waals surface area contributed by atoms with Gasteiger partial charge in [-0.1, -0.05) is 30.3 Å². The molecule has 7 nitrogen and oxygen atoms in total. The Morgan fingerprint density at radius 3 is 2.21 bits per heavy atom. The number of rotatable bonds is 5. The van der Waals surface area contributed by atoms with Gasteiger partial charge in [-0.3, -0.25) is 0 Å². The zero-order chi connectivity index (χ0) is 24.2. The highest BCUT2D eigenvalue weighted by Crippen LogP contribution is 2.45. The Morgan fingerprint density at radius 1 is 0.941 bits per heavy atom. The monoisotopic (exact) mass is 472 g/mol. The van der Waals surface area contributed by atoms with Crippen LogP contribution in [0.1, 0.15) is 64.9 Å². The van der Waals surface area contributed by atoms with Crippen molar-refractivity contribution in [3.63, 3.8) is 0 Å². The van der Waals surface area contributed by atoms with Crippen molar-refractivity contribution in [2.75, 3.05) is 32.8 Å². The third kappa shape index (κ3) is 6.65. The zero-order valence-corrected chi connectivity index (χ0v) is 21.0. The van der Waals surface area contributed by atoms with Crippen molar-refractivity contribution < 1.29 is 23.8 Å². The van der Waals surface area contributed by atoms with Gasteiger partial charge in [-0.05, 0) is 70.8 Å². The van der Waals surface area contributed by atoms with Crippen molar-refractivity contribution in [2.24, 2.45) is 11.3 Å².